The fourth-order valence-corrected chi connectivity index (χ4v) is 6.35. The maximum Gasteiger partial charge on any atom is 0.225 e. The Morgan fingerprint density at radius 2 is 1.93 bits per heavy atom. The van der Waals surface area contributed by atoms with Gasteiger partial charge in [-0.3, -0.25) is 4.98 Å². The standard InChI is InChI=1S/C28H27F2N7O2S/c1-14-21(26-35-23-20(40-26)9-12-32-22(23)15-5-6-15)25(37-28(39)10-7-16(8-11-31)24(28)38)36-27(34-14)33-13-17-18(29)3-2-4-19(17)30/h2-4,9,12,15-16,24,38-39H,5-8,10,13H2,1H3,(H2,33,34,36,37). The van der Waals surface area contributed by atoms with Gasteiger partial charge >= 0.3 is 0 Å². The largest absolute Gasteiger partial charge is 0.388 e. The SMILES string of the molecule is Cc1nc(NCc2c(F)cccc2F)nc(NC2(O)CCC(CC#N)C2O)c1-c1nc2c(C3CC3)nccc2s1. The highest BCUT2D eigenvalue weighted by Crippen LogP contribution is 2.45. The predicted molar refractivity (Wildman–Crippen MR) is 146 cm³/mol. The molecule has 40 heavy (non-hydrogen) atoms. The first-order chi connectivity index (χ1) is 19.3. The Balaban J connectivity index is 1.41. The molecule has 0 spiro atoms. The number of aryl methyl sites for hydroxylation is 1. The Kier molecular flexibility index (Phi) is 6.82. The molecule has 3 unspecified atom stereocenters. The first kappa shape index (κ1) is 26.4. The summed E-state index contributed by atoms with van der Waals surface area (Å²) in [4.78, 5) is 18.6. The van der Waals surface area contributed by atoms with Crippen LogP contribution in [0, 0.1) is 35.8 Å². The van der Waals surface area contributed by atoms with Crippen LogP contribution >= 0.6 is 11.3 Å². The smallest absolute Gasteiger partial charge is 0.225 e. The average Bonchev–Trinajstić information content (AvgIpc) is 3.62. The lowest BCUT2D eigenvalue weighted by Crippen LogP contribution is -2.47. The molecule has 3 atom stereocenters. The van der Waals surface area contributed by atoms with Crippen LogP contribution in [0.3, 0.4) is 0 Å². The second kappa shape index (κ2) is 10.3. The topological polar surface area (TPSA) is 140 Å². The lowest BCUT2D eigenvalue weighted by atomic mass is 10.00. The first-order valence-electron chi connectivity index (χ1n) is 13.1. The Bertz CT molecular complexity index is 1620. The molecule has 3 aromatic heterocycles. The number of aromatic nitrogens is 4. The van der Waals surface area contributed by atoms with E-state index in [2.05, 4.69) is 31.7 Å². The second-order valence-corrected chi connectivity index (χ2v) is 11.4. The van der Waals surface area contributed by atoms with Crippen molar-refractivity contribution < 1.29 is 19.0 Å². The van der Waals surface area contributed by atoms with Gasteiger partial charge in [0.2, 0.25) is 5.95 Å². The summed E-state index contributed by atoms with van der Waals surface area (Å²) in [6.45, 7) is 1.56. The number of nitrogens with one attached hydrogen (secondary N) is 2. The van der Waals surface area contributed by atoms with Crippen molar-refractivity contribution in [2.75, 3.05) is 10.6 Å². The third-order valence-corrected chi connectivity index (χ3v) is 8.65. The number of anilines is 2. The Morgan fingerprint density at radius 3 is 2.65 bits per heavy atom. The van der Waals surface area contributed by atoms with Crippen LogP contribution in [0.1, 0.15) is 55.0 Å². The van der Waals surface area contributed by atoms with E-state index < -0.39 is 29.4 Å². The molecule has 2 aliphatic carbocycles. The summed E-state index contributed by atoms with van der Waals surface area (Å²) in [6.07, 6.45) is 3.48. The summed E-state index contributed by atoms with van der Waals surface area (Å²) in [5.74, 6) is -1.10. The summed E-state index contributed by atoms with van der Waals surface area (Å²) in [6, 6.07) is 7.61. The quantitative estimate of drug-likeness (QED) is 0.218. The van der Waals surface area contributed by atoms with Gasteiger partial charge < -0.3 is 20.8 Å². The van der Waals surface area contributed by atoms with Crippen molar-refractivity contribution >= 4 is 33.3 Å². The van der Waals surface area contributed by atoms with Crippen LogP contribution in [-0.2, 0) is 6.54 Å². The van der Waals surface area contributed by atoms with Crippen molar-refractivity contribution in [3.63, 3.8) is 0 Å². The second-order valence-electron chi connectivity index (χ2n) is 10.4. The summed E-state index contributed by atoms with van der Waals surface area (Å²) in [7, 11) is 0. The molecule has 4 aromatic rings. The fourth-order valence-electron chi connectivity index (χ4n) is 5.28. The van der Waals surface area contributed by atoms with Crippen molar-refractivity contribution in [3.05, 3.63) is 59.0 Å². The first-order valence-corrected chi connectivity index (χ1v) is 14.0. The molecule has 0 radical (unpaired) electrons. The van der Waals surface area contributed by atoms with Gasteiger partial charge in [-0.1, -0.05) is 6.07 Å². The van der Waals surface area contributed by atoms with E-state index in [1.54, 1.807) is 13.1 Å². The normalized spacial score (nSPS) is 22.4. The Morgan fingerprint density at radius 1 is 1.15 bits per heavy atom. The number of benzene rings is 1. The number of fused-ring (bicyclic) bond motifs is 1. The van der Waals surface area contributed by atoms with E-state index in [-0.39, 0.29) is 36.7 Å². The van der Waals surface area contributed by atoms with E-state index >= 15 is 0 Å². The maximum absolute atomic E-state index is 14.2. The van der Waals surface area contributed by atoms with Gasteiger partial charge in [0.05, 0.1) is 27.7 Å². The van der Waals surface area contributed by atoms with Gasteiger partial charge in [-0.15, -0.1) is 11.3 Å². The summed E-state index contributed by atoms with van der Waals surface area (Å²) < 4.78 is 29.4. The molecule has 12 heteroatoms. The molecule has 9 nitrogen and oxygen atoms in total. The summed E-state index contributed by atoms with van der Waals surface area (Å²) in [5, 5.41) is 38.0. The molecule has 0 amide bonds. The van der Waals surface area contributed by atoms with Gasteiger partial charge in [-0.05, 0) is 50.8 Å². The number of halogens is 2. The highest BCUT2D eigenvalue weighted by Gasteiger charge is 2.47. The molecular weight excluding hydrogens is 536 g/mol. The molecule has 6 rings (SSSR count). The zero-order valence-electron chi connectivity index (χ0n) is 21.7. The number of aliphatic hydroxyl groups excluding tert-OH is 1. The number of pyridine rings is 1. The van der Waals surface area contributed by atoms with E-state index in [0.717, 1.165) is 28.8 Å². The zero-order chi connectivity index (χ0) is 28.0. The van der Waals surface area contributed by atoms with Crippen molar-refractivity contribution in [3.8, 4) is 16.6 Å². The number of rotatable bonds is 8. The van der Waals surface area contributed by atoms with Crippen LogP contribution in [0.15, 0.2) is 30.5 Å². The number of hydrogen-bond acceptors (Lipinski definition) is 10. The van der Waals surface area contributed by atoms with E-state index in [0.29, 0.717) is 28.6 Å². The fraction of sp³-hybridized carbons (Fsp3) is 0.393. The highest BCUT2D eigenvalue weighted by molar-refractivity contribution is 7.21. The van der Waals surface area contributed by atoms with Gasteiger partial charge in [0, 0.05) is 36.6 Å². The van der Waals surface area contributed by atoms with Gasteiger partial charge in [-0.25, -0.2) is 18.7 Å². The van der Waals surface area contributed by atoms with Crippen LogP contribution in [0.25, 0.3) is 20.8 Å². The lowest BCUT2D eigenvalue weighted by molar-refractivity contribution is -0.0466. The summed E-state index contributed by atoms with van der Waals surface area (Å²) >= 11 is 1.45. The van der Waals surface area contributed by atoms with Crippen LogP contribution in [0.4, 0.5) is 20.5 Å². The molecule has 2 aliphatic rings. The molecule has 206 valence electrons. The lowest BCUT2D eigenvalue weighted by Gasteiger charge is -2.31. The highest BCUT2D eigenvalue weighted by atomic mass is 32.1. The third kappa shape index (κ3) is 4.85. The minimum Gasteiger partial charge on any atom is -0.388 e. The third-order valence-electron chi connectivity index (χ3n) is 7.61. The van der Waals surface area contributed by atoms with Crippen LogP contribution < -0.4 is 10.6 Å². The van der Waals surface area contributed by atoms with Crippen molar-refractivity contribution in [2.45, 2.75) is 63.3 Å². The van der Waals surface area contributed by atoms with E-state index in [1.165, 1.54) is 29.5 Å². The van der Waals surface area contributed by atoms with Crippen molar-refractivity contribution in [2.24, 2.45) is 5.92 Å². The molecule has 3 heterocycles. The molecule has 0 aliphatic heterocycles. The van der Waals surface area contributed by atoms with Crippen molar-refractivity contribution in [1.82, 2.24) is 19.9 Å². The van der Waals surface area contributed by atoms with Crippen LogP contribution in [0.2, 0.25) is 0 Å². The van der Waals surface area contributed by atoms with Crippen LogP contribution in [0.5, 0.6) is 0 Å². The van der Waals surface area contributed by atoms with Crippen LogP contribution in [-0.4, -0.2) is 42.0 Å². The molecule has 2 saturated carbocycles. The summed E-state index contributed by atoms with van der Waals surface area (Å²) in [5.41, 5.74) is 0.929. The minimum absolute atomic E-state index is 0.0810. The molecule has 0 saturated heterocycles. The Hall–Kier alpha value is -3.79. The monoisotopic (exact) mass is 563 g/mol. The molecule has 0 bridgehead atoms. The average molecular weight is 564 g/mol. The van der Waals surface area contributed by atoms with Gasteiger partial charge in [0.25, 0.3) is 0 Å². The van der Waals surface area contributed by atoms with Gasteiger partial charge in [0.15, 0.2) is 5.72 Å². The van der Waals surface area contributed by atoms with E-state index in [9.17, 15) is 19.0 Å². The zero-order valence-corrected chi connectivity index (χ0v) is 22.5. The minimum atomic E-state index is -1.75. The number of hydrogen-bond donors (Lipinski definition) is 4. The van der Waals surface area contributed by atoms with Gasteiger partial charge in [-0.2, -0.15) is 10.2 Å². The van der Waals surface area contributed by atoms with E-state index in [1.807, 2.05) is 6.07 Å². The van der Waals surface area contributed by atoms with Crippen molar-refractivity contribution in [1.29, 1.82) is 5.26 Å². The number of aliphatic hydroxyl groups is 2. The number of thiazole rings is 1. The predicted octanol–water partition coefficient (Wildman–Crippen LogP) is 5.01. The van der Waals surface area contributed by atoms with Gasteiger partial charge in [0.1, 0.15) is 34.1 Å². The number of nitrogens with zero attached hydrogens (tertiary/aromatic N) is 5. The molecule has 2 fully saturated rings. The van der Waals surface area contributed by atoms with E-state index in [4.69, 9.17) is 10.2 Å². The molecular formula is C28H27F2N7O2S. The number of nitriles is 1. The Labute approximate surface area is 233 Å². The molecule has 4 N–H and O–H groups in total. The molecule has 1 aromatic carbocycles. The maximum atomic E-state index is 14.2.